The van der Waals surface area contributed by atoms with E-state index in [1.165, 1.54) is 135 Å². The Hall–Kier alpha value is -0.920. The molecule has 0 saturated heterocycles. The molecule has 0 aliphatic carbocycles. The third kappa shape index (κ3) is 38.1. The van der Waals surface area contributed by atoms with Crippen LogP contribution in [-0.2, 0) is 27.9 Å². The summed E-state index contributed by atoms with van der Waals surface area (Å²) in [6.45, 7) is 4.74. The van der Waals surface area contributed by atoms with Crippen molar-refractivity contribution in [2.45, 2.75) is 193 Å². The van der Waals surface area contributed by atoms with Crippen molar-refractivity contribution in [3.63, 3.8) is 0 Å². The summed E-state index contributed by atoms with van der Waals surface area (Å²) < 4.78 is 34.2. The van der Waals surface area contributed by atoms with Gasteiger partial charge in [0.1, 0.15) is 19.8 Å². The maximum Gasteiger partial charge on any atom is 0.306 e. The normalized spacial score (nSPS) is 13.9. The quantitative estimate of drug-likeness (QED) is 0.0206. The van der Waals surface area contributed by atoms with Crippen LogP contribution in [0.15, 0.2) is 12.3 Å². The molecule has 0 spiro atoms. The first-order valence-corrected chi connectivity index (χ1v) is 21.9. The van der Waals surface area contributed by atoms with Crippen LogP contribution in [0.4, 0.5) is 0 Å². The second-order valence-electron chi connectivity index (χ2n) is 15.1. The summed E-state index contributed by atoms with van der Waals surface area (Å²) in [5, 5.41) is 0. The topological polar surface area (TPSA) is 94.1 Å². The van der Waals surface area contributed by atoms with Gasteiger partial charge in [-0.1, -0.05) is 162 Å². The van der Waals surface area contributed by atoms with Gasteiger partial charge in [0.05, 0.1) is 34.0 Å². The number of allylic oxidation sites excluding steroid dienone is 1. The van der Waals surface area contributed by atoms with E-state index in [0.29, 0.717) is 17.4 Å². The van der Waals surface area contributed by atoms with Crippen molar-refractivity contribution in [3.05, 3.63) is 12.3 Å². The third-order valence-corrected chi connectivity index (χ3v) is 9.88. The van der Waals surface area contributed by atoms with Gasteiger partial charge < -0.3 is 27.9 Å². The highest BCUT2D eigenvalue weighted by molar-refractivity contribution is 7.45. The lowest BCUT2D eigenvalue weighted by molar-refractivity contribution is -0.870. The van der Waals surface area contributed by atoms with E-state index in [9.17, 15) is 14.3 Å². The summed E-state index contributed by atoms with van der Waals surface area (Å²) in [5.41, 5.74) is 0. The molecule has 0 aromatic carbocycles. The number of hydrogen-bond acceptors (Lipinski definition) is 7. The Kier molecular flexibility index (Phi) is 33.5. The highest BCUT2D eigenvalue weighted by atomic mass is 31.2. The maximum atomic E-state index is 12.6. The molecular weight excluding hydrogens is 637 g/mol. The number of likely N-dealkylation sites (N-methyl/N-ethyl adjacent to an activating group) is 1. The Balaban J connectivity index is 4.28. The molecule has 0 radical (unpaired) electrons. The Morgan fingerprint density at radius 2 is 1.06 bits per heavy atom. The van der Waals surface area contributed by atoms with Crippen molar-refractivity contribution in [1.29, 1.82) is 0 Å². The molecule has 49 heavy (non-hydrogen) atoms. The fraction of sp³-hybridized carbons (Fsp3) is 0.925. The lowest BCUT2D eigenvalue weighted by Gasteiger charge is -2.28. The Bertz CT molecular complexity index is 802. The zero-order valence-corrected chi connectivity index (χ0v) is 33.8. The number of ether oxygens (including phenoxy) is 2. The summed E-state index contributed by atoms with van der Waals surface area (Å²) in [6, 6.07) is 0. The number of unbranched alkanes of at least 4 members (excludes halogenated alkanes) is 24. The molecule has 0 aromatic rings. The average molecular weight is 718 g/mol. The van der Waals surface area contributed by atoms with Crippen molar-refractivity contribution in [2.75, 3.05) is 47.5 Å². The molecular formula is C40H80NO7P. The summed E-state index contributed by atoms with van der Waals surface area (Å²) in [4.78, 5) is 24.9. The fourth-order valence-corrected chi connectivity index (χ4v) is 6.42. The van der Waals surface area contributed by atoms with E-state index in [-0.39, 0.29) is 25.8 Å². The fourth-order valence-electron chi connectivity index (χ4n) is 5.69. The van der Waals surface area contributed by atoms with Crippen molar-refractivity contribution in [2.24, 2.45) is 0 Å². The molecule has 0 rings (SSSR count). The standard InChI is InChI=1S/C40H80NO7P/c1-6-8-10-12-14-16-18-19-20-21-22-24-26-28-30-32-35-45-37-39(38-47-49(43,44)46-36-34-41(3,4)5)48-40(42)33-31-29-27-25-23-17-15-13-11-9-7-2/h32,35,39H,6-31,33-34,36-38H2,1-5H3/b35-32-/t39-/m1/s1. The monoisotopic (exact) mass is 718 g/mol. The first-order valence-electron chi connectivity index (χ1n) is 20.5. The number of phosphoric acid groups is 1. The van der Waals surface area contributed by atoms with Gasteiger partial charge in [0.2, 0.25) is 0 Å². The molecule has 292 valence electrons. The average Bonchev–Trinajstić information content (AvgIpc) is 3.04. The summed E-state index contributed by atoms with van der Waals surface area (Å²) >= 11 is 0. The summed E-state index contributed by atoms with van der Waals surface area (Å²) in [5.74, 6) is -0.355. The van der Waals surface area contributed by atoms with E-state index in [0.717, 1.165) is 32.1 Å². The maximum absolute atomic E-state index is 12.6. The molecule has 0 heterocycles. The van der Waals surface area contributed by atoms with Crippen molar-refractivity contribution < 1.29 is 37.3 Å². The lowest BCUT2D eigenvalue weighted by atomic mass is 10.0. The number of carbonyl (C=O) groups excluding carboxylic acids is 1. The highest BCUT2D eigenvalue weighted by Gasteiger charge is 2.20. The molecule has 0 fully saturated rings. The smallest absolute Gasteiger partial charge is 0.306 e. The minimum absolute atomic E-state index is 0.0199. The van der Waals surface area contributed by atoms with Gasteiger partial charge in [-0.2, -0.15) is 0 Å². The van der Waals surface area contributed by atoms with Crippen LogP contribution in [0.5, 0.6) is 0 Å². The van der Waals surface area contributed by atoms with Crippen LogP contribution < -0.4 is 4.89 Å². The molecule has 2 atom stereocenters. The largest absolute Gasteiger partial charge is 0.756 e. The Labute approximate surface area is 303 Å². The van der Waals surface area contributed by atoms with Gasteiger partial charge in [0, 0.05) is 6.42 Å². The lowest BCUT2D eigenvalue weighted by Crippen LogP contribution is -2.37. The van der Waals surface area contributed by atoms with Crippen molar-refractivity contribution in [3.8, 4) is 0 Å². The van der Waals surface area contributed by atoms with Crippen molar-refractivity contribution >= 4 is 13.8 Å². The van der Waals surface area contributed by atoms with Crippen LogP contribution in [0, 0.1) is 0 Å². The molecule has 9 heteroatoms. The van der Waals surface area contributed by atoms with Gasteiger partial charge in [-0.15, -0.1) is 0 Å². The van der Waals surface area contributed by atoms with Crippen LogP contribution in [0.3, 0.4) is 0 Å². The SMILES string of the molecule is CCCCCCCCCCCCCCCC/C=C\OC[C@H](COP(=O)([O-])OCC[N+](C)(C)C)OC(=O)CCCCCCCCCCCCC. The molecule has 0 aliphatic rings. The predicted molar refractivity (Wildman–Crippen MR) is 203 cm³/mol. The number of quaternary nitrogens is 1. The molecule has 0 aliphatic heterocycles. The molecule has 0 N–H and O–H groups in total. The molecule has 8 nitrogen and oxygen atoms in total. The Morgan fingerprint density at radius 1 is 0.633 bits per heavy atom. The molecule has 1 unspecified atom stereocenters. The Morgan fingerprint density at radius 3 is 1.51 bits per heavy atom. The van der Waals surface area contributed by atoms with Gasteiger partial charge in [0.25, 0.3) is 7.82 Å². The van der Waals surface area contributed by atoms with Crippen LogP contribution in [0.2, 0.25) is 0 Å². The third-order valence-electron chi connectivity index (χ3n) is 8.91. The van der Waals surface area contributed by atoms with Crippen molar-refractivity contribution in [1.82, 2.24) is 0 Å². The summed E-state index contributed by atoms with van der Waals surface area (Å²) in [6.07, 6.45) is 36.0. The van der Waals surface area contributed by atoms with E-state index in [4.69, 9.17) is 18.5 Å². The number of hydrogen-bond donors (Lipinski definition) is 0. The highest BCUT2D eigenvalue weighted by Crippen LogP contribution is 2.38. The van der Waals surface area contributed by atoms with Gasteiger partial charge in [-0.25, -0.2) is 0 Å². The second kappa shape index (κ2) is 34.2. The van der Waals surface area contributed by atoms with Gasteiger partial charge in [-0.3, -0.25) is 9.36 Å². The minimum atomic E-state index is -4.53. The van der Waals surface area contributed by atoms with Gasteiger partial charge >= 0.3 is 5.97 Å². The second-order valence-corrected chi connectivity index (χ2v) is 16.5. The van der Waals surface area contributed by atoms with E-state index < -0.39 is 13.9 Å². The van der Waals surface area contributed by atoms with Crippen LogP contribution >= 0.6 is 7.82 Å². The minimum Gasteiger partial charge on any atom is -0.756 e. The van der Waals surface area contributed by atoms with E-state index in [1.807, 2.05) is 27.2 Å². The van der Waals surface area contributed by atoms with Crippen LogP contribution in [-0.4, -0.2) is 64.1 Å². The number of phosphoric ester groups is 1. The number of rotatable bonds is 38. The van der Waals surface area contributed by atoms with E-state index in [2.05, 4.69) is 13.8 Å². The van der Waals surface area contributed by atoms with E-state index >= 15 is 0 Å². The van der Waals surface area contributed by atoms with Gasteiger partial charge in [0.15, 0.2) is 6.10 Å². The predicted octanol–water partition coefficient (Wildman–Crippen LogP) is 11.2. The van der Waals surface area contributed by atoms with Crippen LogP contribution in [0.1, 0.15) is 187 Å². The zero-order valence-electron chi connectivity index (χ0n) is 32.9. The molecule has 0 bridgehead atoms. The summed E-state index contributed by atoms with van der Waals surface area (Å²) in [7, 11) is 1.33. The first-order chi connectivity index (χ1) is 23.6. The van der Waals surface area contributed by atoms with Crippen LogP contribution in [0.25, 0.3) is 0 Å². The first kappa shape index (κ1) is 48.1. The molecule has 0 amide bonds. The number of nitrogens with zero attached hydrogens (tertiary/aromatic N) is 1. The zero-order chi connectivity index (χ0) is 36.3. The number of esters is 1. The van der Waals surface area contributed by atoms with E-state index in [1.54, 1.807) is 6.26 Å². The van der Waals surface area contributed by atoms with Gasteiger partial charge in [-0.05, 0) is 25.3 Å². The molecule has 0 aromatic heterocycles. The number of carbonyl (C=O) groups is 1. The molecule has 0 saturated carbocycles.